The van der Waals surface area contributed by atoms with Gasteiger partial charge in [-0.3, -0.25) is 4.57 Å². The van der Waals surface area contributed by atoms with Crippen LogP contribution in [-0.2, 0) is 5.75 Å². The van der Waals surface area contributed by atoms with Crippen LogP contribution in [0, 0.1) is 0 Å². The summed E-state index contributed by atoms with van der Waals surface area (Å²) in [6, 6.07) is 7.87. The highest BCUT2D eigenvalue weighted by Crippen LogP contribution is 2.36. The van der Waals surface area contributed by atoms with E-state index in [1.807, 2.05) is 24.3 Å². The fourth-order valence-electron chi connectivity index (χ4n) is 3.36. The minimum atomic E-state index is 0.401. The minimum absolute atomic E-state index is 0.401. The Hall–Kier alpha value is -1.50. The molecule has 3 aromatic heterocycles. The Morgan fingerprint density at radius 1 is 1.12 bits per heavy atom. The van der Waals surface area contributed by atoms with Crippen LogP contribution in [0.1, 0.15) is 43.7 Å². The lowest BCUT2D eigenvalue weighted by Crippen LogP contribution is -2.15. The van der Waals surface area contributed by atoms with E-state index in [9.17, 15) is 0 Å². The largest absolute Gasteiger partial charge is 0.461 e. The Balaban J connectivity index is 1.62. The Morgan fingerprint density at radius 3 is 2.58 bits per heavy atom. The summed E-state index contributed by atoms with van der Waals surface area (Å²) in [6.07, 6.45) is 7.73. The van der Waals surface area contributed by atoms with Gasteiger partial charge in [0.2, 0.25) is 5.82 Å². The smallest absolute Gasteiger partial charge is 0.200 e. The maximum absolute atomic E-state index is 6.01. The van der Waals surface area contributed by atoms with Crippen molar-refractivity contribution in [3.05, 3.63) is 46.4 Å². The van der Waals surface area contributed by atoms with Crippen molar-refractivity contribution in [3.8, 4) is 11.6 Å². The molecule has 8 heteroatoms. The van der Waals surface area contributed by atoms with Gasteiger partial charge in [0, 0.05) is 11.8 Å². The summed E-state index contributed by atoms with van der Waals surface area (Å²) in [6.45, 7) is 0. The molecule has 0 saturated heterocycles. The highest BCUT2D eigenvalue weighted by Gasteiger charge is 2.25. The Bertz CT molecular complexity index is 855. The van der Waals surface area contributed by atoms with E-state index in [4.69, 9.17) is 27.6 Å². The topological polar surface area (TPSA) is 56.7 Å². The first-order valence-corrected chi connectivity index (χ1v) is 10.4. The molecule has 0 amide bonds. The van der Waals surface area contributed by atoms with Gasteiger partial charge in [0.15, 0.2) is 10.9 Å². The number of hydrogen-bond donors (Lipinski definition) is 0. The number of nitrogens with zero attached hydrogens (tertiary/aromatic N) is 4. The number of aromatic nitrogens is 4. The third-order valence-electron chi connectivity index (χ3n) is 4.54. The van der Waals surface area contributed by atoms with Gasteiger partial charge in [0.05, 0.1) is 6.26 Å². The molecule has 0 radical (unpaired) electrons. The predicted molar refractivity (Wildman–Crippen MR) is 104 cm³/mol. The fourth-order valence-corrected chi connectivity index (χ4v) is 4.80. The molecule has 1 saturated carbocycles. The lowest BCUT2D eigenvalue weighted by Gasteiger charge is -2.25. The first kappa shape index (κ1) is 17.9. The zero-order valence-corrected chi connectivity index (χ0v) is 16.4. The summed E-state index contributed by atoms with van der Waals surface area (Å²) in [4.78, 5) is 3.99. The summed E-state index contributed by atoms with van der Waals surface area (Å²) in [7, 11) is 0. The van der Waals surface area contributed by atoms with Crippen LogP contribution in [0.25, 0.3) is 11.6 Å². The molecule has 0 aliphatic heterocycles. The molecular formula is C18H18Cl2N4OS. The second-order valence-electron chi connectivity index (χ2n) is 6.35. The average Bonchev–Trinajstić information content (AvgIpc) is 3.29. The zero-order chi connectivity index (χ0) is 17.9. The van der Waals surface area contributed by atoms with Gasteiger partial charge >= 0.3 is 0 Å². The average molecular weight is 409 g/mol. The third kappa shape index (κ3) is 3.92. The van der Waals surface area contributed by atoms with E-state index in [1.165, 1.54) is 19.3 Å². The molecule has 0 unspecified atom stereocenters. The molecule has 1 fully saturated rings. The van der Waals surface area contributed by atoms with Gasteiger partial charge in [-0.25, -0.2) is 4.98 Å². The summed E-state index contributed by atoms with van der Waals surface area (Å²) in [5, 5.41) is 10.6. The van der Waals surface area contributed by atoms with Crippen molar-refractivity contribution in [2.45, 2.75) is 49.1 Å². The number of rotatable bonds is 5. The minimum Gasteiger partial charge on any atom is -0.461 e. The van der Waals surface area contributed by atoms with Crippen molar-refractivity contribution >= 4 is 35.0 Å². The molecule has 5 nitrogen and oxygen atoms in total. The van der Waals surface area contributed by atoms with Crippen LogP contribution in [0.5, 0.6) is 0 Å². The number of thioether (sulfide) groups is 1. The van der Waals surface area contributed by atoms with Gasteiger partial charge in [-0.15, -0.1) is 10.2 Å². The number of pyridine rings is 1. The van der Waals surface area contributed by atoms with Crippen molar-refractivity contribution in [3.63, 3.8) is 0 Å². The number of halogens is 2. The molecule has 0 atom stereocenters. The van der Waals surface area contributed by atoms with Crippen LogP contribution < -0.4 is 0 Å². The highest BCUT2D eigenvalue weighted by atomic mass is 35.5. The van der Waals surface area contributed by atoms with Crippen LogP contribution in [-0.4, -0.2) is 19.7 Å². The SMILES string of the molecule is Clc1cc(CSc2nnc(-c3ccco3)n2C2CCCCC2)cc(Cl)n1. The van der Waals surface area contributed by atoms with Gasteiger partial charge in [0.25, 0.3) is 0 Å². The van der Waals surface area contributed by atoms with Crippen LogP contribution in [0.2, 0.25) is 10.3 Å². The second kappa shape index (κ2) is 8.03. The van der Waals surface area contributed by atoms with E-state index in [-0.39, 0.29) is 0 Å². The first-order chi connectivity index (χ1) is 12.7. The molecule has 0 bridgehead atoms. The van der Waals surface area contributed by atoms with E-state index in [0.717, 1.165) is 35.1 Å². The quantitative estimate of drug-likeness (QED) is 0.380. The number of furan rings is 1. The lowest BCUT2D eigenvalue weighted by molar-refractivity contribution is 0.337. The summed E-state index contributed by atoms with van der Waals surface area (Å²) in [5.74, 6) is 2.26. The first-order valence-electron chi connectivity index (χ1n) is 8.64. The van der Waals surface area contributed by atoms with Gasteiger partial charge < -0.3 is 4.42 Å². The molecule has 136 valence electrons. The third-order valence-corrected chi connectivity index (χ3v) is 5.94. The second-order valence-corrected chi connectivity index (χ2v) is 8.07. The molecule has 4 rings (SSSR count). The normalized spacial score (nSPS) is 15.5. The van der Waals surface area contributed by atoms with Crippen LogP contribution in [0.4, 0.5) is 0 Å². The Kier molecular flexibility index (Phi) is 5.52. The van der Waals surface area contributed by atoms with Gasteiger partial charge in [0.1, 0.15) is 10.3 Å². The molecule has 1 aliphatic rings. The summed E-state index contributed by atoms with van der Waals surface area (Å²) in [5.41, 5.74) is 1.01. The molecule has 0 spiro atoms. The van der Waals surface area contributed by atoms with Gasteiger partial charge in [-0.05, 0) is 42.7 Å². The molecule has 1 aliphatic carbocycles. The maximum atomic E-state index is 6.01. The lowest BCUT2D eigenvalue weighted by atomic mass is 9.95. The number of hydrogen-bond acceptors (Lipinski definition) is 5. The van der Waals surface area contributed by atoms with Crippen LogP contribution >= 0.6 is 35.0 Å². The van der Waals surface area contributed by atoms with E-state index >= 15 is 0 Å². The molecule has 26 heavy (non-hydrogen) atoms. The van der Waals surface area contributed by atoms with Gasteiger partial charge in [-0.1, -0.05) is 54.2 Å². The Labute approximate surface area is 166 Å². The van der Waals surface area contributed by atoms with Gasteiger partial charge in [-0.2, -0.15) is 0 Å². The summed E-state index contributed by atoms with van der Waals surface area (Å²) >= 11 is 13.6. The van der Waals surface area contributed by atoms with Crippen LogP contribution in [0.3, 0.4) is 0 Å². The molecule has 0 aromatic carbocycles. The van der Waals surface area contributed by atoms with Crippen molar-refractivity contribution in [1.82, 2.24) is 19.7 Å². The molecule has 3 heterocycles. The van der Waals surface area contributed by atoms with E-state index in [2.05, 4.69) is 19.7 Å². The standard InChI is InChI=1S/C18H18Cl2N4OS/c19-15-9-12(10-16(20)21-15)11-26-18-23-22-17(14-7-4-8-25-14)24(18)13-5-2-1-3-6-13/h4,7-10,13H,1-3,5-6,11H2. The van der Waals surface area contributed by atoms with E-state index in [1.54, 1.807) is 18.0 Å². The fraction of sp³-hybridized carbons (Fsp3) is 0.389. The molecule has 0 N–H and O–H groups in total. The van der Waals surface area contributed by atoms with Crippen molar-refractivity contribution in [2.75, 3.05) is 0 Å². The zero-order valence-electron chi connectivity index (χ0n) is 14.1. The maximum Gasteiger partial charge on any atom is 0.200 e. The van der Waals surface area contributed by atoms with Crippen molar-refractivity contribution < 1.29 is 4.42 Å². The highest BCUT2D eigenvalue weighted by molar-refractivity contribution is 7.98. The van der Waals surface area contributed by atoms with Crippen molar-refractivity contribution in [2.24, 2.45) is 0 Å². The van der Waals surface area contributed by atoms with E-state index < -0.39 is 0 Å². The predicted octanol–water partition coefficient (Wildman–Crippen LogP) is 6.04. The van der Waals surface area contributed by atoms with Crippen molar-refractivity contribution in [1.29, 1.82) is 0 Å². The monoisotopic (exact) mass is 408 g/mol. The molecular weight excluding hydrogens is 391 g/mol. The van der Waals surface area contributed by atoms with E-state index in [0.29, 0.717) is 22.1 Å². The molecule has 3 aromatic rings. The Morgan fingerprint density at radius 2 is 1.88 bits per heavy atom. The summed E-state index contributed by atoms with van der Waals surface area (Å²) < 4.78 is 7.83. The van der Waals surface area contributed by atoms with Crippen LogP contribution in [0.15, 0.2) is 40.1 Å².